The average Bonchev–Trinajstić information content (AvgIpc) is 3.23. The minimum absolute atomic E-state index is 0.0536. The number of carbonyl (C=O) groups excluding carboxylic acids is 1. The Hall–Kier alpha value is -2.28. The van der Waals surface area contributed by atoms with Crippen LogP contribution in [0, 0.1) is 0 Å². The summed E-state index contributed by atoms with van der Waals surface area (Å²) in [5, 5.41) is 8.52. The molecule has 24 heavy (non-hydrogen) atoms. The maximum Gasteiger partial charge on any atom is 0.254 e. The van der Waals surface area contributed by atoms with Crippen molar-refractivity contribution < 1.29 is 14.3 Å². The first-order valence-corrected chi connectivity index (χ1v) is 8.23. The molecule has 3 heterocycles. The molecular weight excluding hydrogens is 332 g/mol. The number of hydrogen-bond donors (Lipinski definition) is 0. The lowest BCUT2D eigenvalue weighted by atomic mass is 9.96. The number of fused-ring (bicyclic) bond motifs is 1. The van der Waals surface area contributed by atoms with Gasteiger partial charge in [0.25, 0.3) is 5.91 Å². The smallest absolute Gasteiger partial charge is 0.254 e. The number of aryl methyl sites for hydroxylation is 1. The van der Waals surface area contributed by atoms with Crippen LogP contribution in [0.2, 0.25) is 5.02 Å². The van der Waals surface area contributed by atoms with Gasteiger partial charge in [0.2, 0.25) is 6.79 Å². The van der Waals surface area contributed by atoms with Crippen LogP contribution in [0.5, 0.6) is 11.5 Å². The topological polar surface area (TPSA) is 69.5 Å². The third kappa shape index (κ3) is 2.58. The predicted octanol–water partition coefficient (Wildman–Crippen LogP) is 2.22. The summed E-state index contributed by atoms with van der Waals surface area (Å²) in [5.41, 5.74) is 0.517. The highest BCUT2D eigenvalue weighted by atomic mass is 35.5. The Morgan fingerprint density at radius 3 is 3.04 bits per heavy atom. The van der Waals surface area contributed by atoms with Crippen LogP contribution in [0.3, 0.4) is 0 Å². The lowest BCUT2D eigenvalue weighted by Crippen LogP contribution is -2.39. The summed E-state index contributed by atoms with van der Waals surface area (Å²) in [6.45, 7) is 1.47. The number of benzene rings is 1. The molecule has 1 amide bonds. The van der Waals surface area contributed by atoms with E-state index in [0.29, 0.717) is 28.6 Å². The molecule has 1 saturated heterocycles. The first-order valence-electron chi connectivity index (χ1n) is 7.86. The van der Waals surface area contributed by atoms with Crippen LogP contribution in [0.15, 0.2) is 18.5 Å². The second-order valence-electron chi connectivity index (χ2n) is 6.08. The maximum atomic E-state index is 12.9. The lowest BCUT2D eigenvalue weighted by Gasteiger charge is -2.32. The van der Waals surface area contributed by atoms with Crippen molar-refractivity contribution in [2.24, 2.45) is 7.05 Å². The molecule has 2 aromatic rings. The third-order valence-electron chi connectivity index (χ3n) is 4.49. The zero-order valence-corrected chi connectivity index (χ0v) is 14.0. The van der Waals surface area contributed by atoms with Crippen LogP contribution in [0.4, 0.5) is 0 Å². The van der Waals surface area contributed by atoms with Crippen molar-refractivity contribution >= 4 is 17.5 Å². The Kier molecular flexibility index (Phi) is 3.80. The summed E-state index contributed by atoms with van der Waals surface area (Å²) >= 11 is 6.19. The van der Waals surface area contributed by atoms with Crippen molar-refractivity contribution in [2.45, 2.75) is 18.8 Å². The molecule has 0 N–H and O–H groups in total. The highest BCUT2D eigenvalue weighted by molar-refractivity contribution is 6.32. The number of hydrogen-bond acceptors (Lipinski definition) is 5. The van der Waals surface area contributed by atoms with Gasteiger partial charge in [-0.1, -0.05) is 11.6 Å². The molecular formula is C16H17ClN4O3. The zero-order chi connectivity index (χ0) is 16.7. The van der Waals surface area contributed by atoms with E-state index in [1.54, 1.807) is 18.5 Å². The summed E-state index contributed by atoms with van der Waals surface area (Å²) in [5.74, 6) is 2.08. The second kappa shape index (κ2) is 5.98. The first-order chi connectivity index (χ1) is 11.6. The molecule has 0 radical (unpaired) electrons. The highest BCUT2D eigenvalue weighted by Crippen LogP contribution is 2.40. The standard InChI is InChI=1S/C16H17ClN4O3/c1-20-8-18-19-15(20)10-3-2-4-21(7-10)16(22)11-5-12(17)14-13(6-11)23-9-24-14/h5-6,8,10H,2-4,7,9H2,1H3. The van der Waals surface area contributed by atoms with Crippen LogP contribution in [-0.2, 0) is 7.05 Å². The quantitative estimate of drug-likeness (QED) is 0.832. The minimum Gasteiger partial charge on any atom is -0.454 e. The van der Waals surface area contributed by atoms with Crippen LogP contribution < -0.4 is 9.47 Å². The molecule has 0 aliphatic carbocycles. The van der Waals surface area contributed by atoms with Crippen molar-refractivity contribution in [3.05, 3.63) is 34.9 Å². The van der Waals surface area contributed by atoms with Gasteiger partial charge in [-0.3, -0.25) is 4.79 Å². The largest absolute Gasteiger partial charge is 0.454 e. The normalized spacial score (nSPS) is 19.6. The predicted molar refractivity (Wildman–Crippen MR) is 86.5 cm³/mol. The van der Waals surface area contributed by atoms with E-state index < -0.39 is 0 Å². The number of amides is 1. The molecule has 7 nitrogen and oxygen atoms in total. The molecule has 1 aromatic heterocycles. The van der Waals surface area contributed by atoms with E-state index in [4.69, 9.17) is 21.1 Å². The molecule has 2 aliphatic heterocycles. The van der Waals surface area contributed by atoms with E-state index in [1.807, 2.05) is 16.5 Å². The average molecular weight is 349 g/mol. The maximum absolute atomic E-state index is 12.9. The number of rotatable bonds is 2. The monoisotopic (exact) mass is 348 g/mol. The number of ether oxygens (including phenoxy) is 2. The summed E-state index contributed by atoms with van der Waals surface area (Å²) in [4.78, 5) is 14.7. The zero-order valence-electron chi connectivity index (χ0n) is 13.2. The lowest BCUT2D eigenvalue weighted by molar-refractivity contribution is 0.0703. The van der Waals surface area contributed by atoms with Crippen molar-refractivity contribution in [2.75, 3.05) is 19.9 Å². The van der Waals surface area contributed by atoms with Gasteiger partial charge in [-0.2, -0.15) is 0 Å². The Balaban J connectivity index is 1.56. The summed E-state index contributed by atoms with van der Waals surface area (Å²) in [7, 11) is 1.92. The first kappa shape index (κ1) is 15.3. The fourth-order valence-corrected chi connectivity index (χ4v) is 3.57. The number of piperidine rings is 1. The molecule has 126 valence electrons. The van der Waals surface area contributed by atoms with E-state index in [1.165, 1.54) is 0 Å². The number of carbonyl (C=O) groups is 1. The van der Waals surface area contributed by atoms with E-state index in [0.717, 1.165) is 25.2 Å². The fraction of sp³-hybridized carbons (Fsp3) is 0.438. The molecule has 1 aromatic carbocycles. The molecule has 1 unspecified atom stereocenters. The van der Waals surface area contributed by atoms with Crippen LogP contribution in [-0.4, -0.2) is 45.5 Å². The van der Waals surface area contributed by atoms with E-state index in [-0.39, 0.29) is 18.6 Å². The van der Waals surface area contributed by atoms with Gasteiger partial charge in [0.15, 0.2) is 11.5 Å². The molecule has 1 atom stereocenters. The van der Waals surface area contributed by atoms with Crippen molar-refractivity contribution in [3.63, 3.8) is 0 Å². The van der Waals surface area contributed by atoms with E-state index in [9.17, 15) is 4.79 Å². The summed E-state index contributed by atoms with van der Waals surface area (Å²) in [6, 6.07) is 3.34. The number of likely N-dealkylation sites (tertiary alicyclic amines) is 1. The van der Waals surface area contributed by atoms with E-state index in [2.05, 4.69) is 10.2 Å². The SMILES string of the molecule is Cn1cnnc1C1CCCN(C(=O)c2cc(Cl)c3c(c2)OCO3)C1. The van der Waals surface area contributed by atoms with Crippen LogP contribution in [0.25, 0.3) is 0 Å². The Bertz CT molecular complexity index is 792. The number of halogens is 1. The Morgan fingerprint density at radius 2 is 2.25 bits per heavy atom. The molecule has 4 rings (SSSR count). The van der Waals surface area contributed by atoms with Crippen molar-refractivity contribution in [1.29, 1.82) is 0 Å². The fourth-order valence-electron chi connectivity index (χ4n) is 3.31. The summed E-state index contributed by atoms with van der Waals surface area (Å²) in [6.07, 6.45) is 3.62. The van der Waals surface area contributed by atoms with Gasteiger partial charge in [0.05, 0.1) is 5.02 Å². The van der Waals surface area contributed by atoms with Gasteiger partial charge in [0.1, 0.15) is 12.2 Å². The van der Waals surface area contributed by atoms with Gasteiger partial charge in [-0.05, 0) is 25.0 Å². The van der Waals surface area contributed by atoms with E-state index >= 15 is 0 Å². The van der Waals surface area contributed by atoms with Gasteiger partial charge in [0, 0.05) is 31.6 Å². The van der Waals surface area contributed by atoms with Crippen molar-refractivity contribution in [3.8, 4) is 11.5 Å². The van der Waals surface area contributed by atoms with Crippen molar-refractivity contribution in [1.82, 2.24) is 19.7 Å². The minimum atomic E-state index is -0.0536. The van der Waals surface area contributed by atoms with Crippen LogP contribution >= 0.6 is 11.6 Å². The summed E-state index contributed by atoms with van der Waals surface area (Å²) < 4.78 is 12.6. The highest BCUT2D eigenvalue weighted by Gasteiger charge is 2.29. The molecule has 8 heteroatoms. The molecule has 2 aliphatic rings. The molecule has 0 bridgehead atoms. The van der Waals surface area contributed by atoms with Gasteiger partial charge in [-0.25, -0.2) is 0 Å². The van der Waals surface area contributed by atoms with Gasteiger partial charge < -0.3 is 18.9 Å². The molecule has 0 spiro atoms. The molecule has 1 fully saturated rings. The van der Waals surface area contributed by atoms with Crippen LogP contribution in [0.1, 0.15) is 34.9 Å². The second-order valence-corrected chi connectivity index (χ2v) is 6.49. The number of aromatic nitrogens is 3. The Labute approximate surface area is 144 Å². The molecule has 0 saturated carbocycles. The Morgan fingerprint density at radius 1 is 1.38 bits per heavy atom. The third-order valence-corrected chi connectivity index (χ3v) is 4.78. The van der Waals surface area contributed by atoms with Gasteiger partial charge in [-0.15, -0.1) is 10.2 Å². The van der Waals surface area contributed by atoms with Gasteiger partial charge >= 0.3 is 0 Å². The number of nitrogens with zero attached hydrogens (tertiary/aromatic N) is 4.